The minimum atomic E-state index is 0.175. The Labute approximate surface area is 148 Å². The number of aryl methyl sites for hydroxylation is 1. The summed E-state index contributed by atoms with van der Waals surface area (Å²) in [5, 5.41) is 11.8. The van der Waals surface area contributed by atoms with Gasteiger partial charge in [-0.3, -0.25) is 9.69 Å². The Bertz CT molecular complexity index is 502. The highest BCUT2D eigenvalue weighted by Gasteiger charge is 2.35. The van der Waals surface area contributed by atoms with Gasteiger partial charge in [-0.15, -0.1) is 11.3 Å². The van der Waals surface area contributed by atoms with Gasteiger partial charge < -0.3 is 14.7 Å². The van der Waals surface area contributed by atoms with Crippen LogP contribution < -0.4 is 0 Å². The van der Waals surface area contributed by atoms with E-state index in [9.17, 15) is 9.90 Å². The molecule has 2 atom stereocenters. The Kier molecular flexibility index (Phi) is 6.66. The van der Waals surface area contributed by atoms with Crippen LogP contribution >= 0.6 is 11.3 Å². The van der Waals surface area contributed by atoms with E-state index in [1.165, 1.54) is 4.88 Å². The van der Waals surface area contributed by atoms with Gasteiger partial charge in [0.25, 0.3) is 0 Å². The van der Waals surface area contributed by atoms with Crippen molar-refractivity contribution < 1.29 is 14.6 Å². The molecule has 0 aliphatic carbocycles. The van der Waals surface area contributed by atoms with Gasteiger partial charge in [-0.1, -0.05) is 6.07 Å². The van der Waals surface area contributed by atoms with E-state index in [0.29, 0.717) is 18.9 Å². The predicted octanol–water partition coefficient (Wildman–Crippen LogP) is 1.47. The molecule has 2 aliphatic heterocycles. The molecular formula is C18H28N2O3S. The normalized spacial score (nSPS) is 25.3. The van der Waals surface area contributed by atoms with Crippen molar-refractivity contribution in [3.63, 3.8) is 0 Å². The van der Waals surface area contributed by atoms with Crippen LogP contribution in [0.25, 0.3) is 0 Å². The Balaban J connectivity index is 1.44. The van der Waals surface area contributed by atoms with Crippen molar-refractivity contribution in [1.82, 2.24) is 9.80 Å². The molecule has 0 saturated carbocycles. The summed E-state index contributed by atoms with van der Waals surface area (Å²) < 4.78 is 5.40. The van der Waals surface area contributed by atoms with Crippen molar-refractivity contribution in [3.8, 4) is 0 Å². The quantitative estimate of drug-likeness (QED) is 0.807. The number of likely N-dealkylation sites (tertiary alicyclic amines) is 1. The van der Waals surface area contributed by atoms with E-state index in [1.54, 1.807) is 11.3 Å². The van der Waals surface area contributed by atoms with Crippen molar-refractivity contribution in [3.05, 3.63) is 22.4 Å². The first-order valence-corrected chi connectivity index (χ1v) is 9.85. The van der Waals surface area contributed by atoms with Gasteiger partial charge in [-0.25, -0.2) is 0 Å². The van der Waals surface area contributed by atoms with Crippen LogP contribution in [0.2, 0.25) is 0 Å². The van der Waals surface area contributed by atoms with Crippen molar-refractivity contribution in [2.75, 3.05) is 52.5 Å². The Morgan fingerprint density at radius 3 is 2.79 bits per heavy atom. The number of carbonyl (C=O) groups excluding carboxylic acids is 1. The van der Waals surface area contributed by atoms with E-state index in [0.717, 1.165) is 52.2 Å². The summed E-state index contributed by atoms with van der Waals surface area (Å²) in [4.78, 5) is 18.2. The van der Waals surface area contributed by atoms with Gasteiger partial charge in [0, 0.05) is 56.5 Å². The highest BCUT2D eigenvalue weighted by molar-refractivity contribution is 7.09. The minimum Gasteiger partial charge on any atom is -0.396 e. The fourth-order valence-corrected chi connectivity index (χ4v) is 4.45. The summed E-state index contributed by atoms with van der Waals surface area (Å²) >= 11 is 1.76. The lowest BCUT2D eigenvalue weighted by Crippen LogP contribution is -2.41. The maximum Gasteiger partial charge on any atom is 0.222 e. The van der Waals surface area contributed by atoms with E-state index >= 15 is 0 Å². The van der Waals surface area contributed by atoms with E-state index in [4.69, 9.17) is 4.74 Å². The summed E-state index contributed by atoms with van der Waals surface area (Å²) in [6, 6.07) is 4.19. The second kappa shape index (κ2) is 8.94. The second-order valence-electron chi connectivity index (χ2n) is 6.85. The lowest BCUT2D eigenvalue weighted by Gasteiger charge is -2.30. The standard InChI is InChI=1S/C18H28N2O3S/c21-14-16-13-20(12-15(16)11-19-6-8-23-9-7-19)18(22)5-1-3-17-4-2-10-24-17/h2,4,10,15-16,21H,1,3,5-9,11-14H2/t15-,16-/m0/s1. The van der Waals surface area contributed by atoms with E-state index in [-0.39, 0.29) is 18.4 Å². The van der Waals surface area contributed by atoms with Gasteiger partial charge in [0.1, 0.15) is 0 Å². The summed E-state index contributed by atoms with van der Waals surface area (Å²) in [6.45, 7) is 6.15. The fraction of sp³-hybridized carbons (Fsp3) is 0.722. The highest BCUT2D eigenvalue weighted by Crippen LogP contribution is 2.25. The van der Waals surface area contributed by atoms with Gasteiger partial charge in [-0.2, -0.15) is 0 Å². The van der Waals surface area contributed by atoms with Crippen LogP contribution in [0.5, 0.6) is 0 Å². The Morgan fingerprint density at radius 1 is 1.29 bits per heavy atom. The van der Waals surface area contributed by atoms with Gasteiger partial charge in [0.05, 0.1) is 13.2 Å². The molecule has 1 N–H and O–H groups in total. The lowest BCUT2D eigenvalue weighted by atomic mass is 9.96. The van der Waals surface area contributed by atoms with Crippen LogP contribution in [0.3, 0.4) is 0 Å². The number of carbonyl (C=O) groups is 1. The minimum absolute atomic E-state index is 0.175. The van der Waals surface area contributed by atoms with Gasteiger partial charge in [0.15, 0.2) is 0 Å². The van der Waals surface area contributed by atoms with Gasteiger partial charge in [-0.05, 0) is 30.2 Å². The average Bonchev–Trinajstić information content (AvgIpc) is 3.25. The molecule has 6 heteroatoms. The number of thiophene rings is 1. The number of morpholine rings is 1. The molecule has 0 radical (unpaired) electrons. The number of aliphatic hydroxyl groups is 1. The number of hydrogen-bond acceptors (Lipinski definition) is 5. The molecule has 3 heterocycles. The molecule has 1 aromatic rings. The number of ether oxygens (including phenoxy) is 1. The van der Waals surface area contributed by atoms with Crippen molar-refractivity contribution in [1.29, 1.82) is 0 Å². The van der Waals surface area contributed by atoms with E-state index in [1.807, 2.05) is 4.90 Å². The molecule has 1 aromatic heterocycles. The SMILES string of the molecule is O=C(CCCc1cccs1)N1C[C@@H](CO)[C@@H](CN2CCOCC2)C1. The zero-order chi connectivity index (χ0) is 16.8. The van der Waals surface area contributed by atoms with E-state index < -0.39 is 0 Å². The summed E-state index contributed by atoms with van der Waals surface area (Å²) in [5.41, 5.74) is 0. The van der Waals surface area contributed by atoms with E-state index in [2.05, 4.69) is 22.4 Å². The van der Waals surface area contributed by atoms with Gasteiger partial charge in [0.2, 0.25) is 5.91 Å². The molecule has 3 rings (SSSR count). The van der Waals surface area contributed by atoms with Crippen LogP contribution in [0, 0.1) is 11.8 Å². The molecule has 2 fully saturated rings. The first kappa shape index (κ1) is 17.9. The maximum atomic E-state index is 12.5. The maximum absolute atomic E-state index is 12.5. The molecule has 1 amide bonds. The summed E-state index contributed by atoms with van der Waals surface area (Å²) in [6.07, 6.45) is 2.51. The zero-order valence-electron chi connectivity index (χ0n) is 14.2. The van der Waals surface area contributed by atoms with Crippen LogP contribution in [0.15, 0.2) is 17.5 Å². The molecule has 0 unspecified atom stereocenters. The van der Waals surface area contributed by atoms with Crippen LogP contribution in [-0.4, -0.2) is 73.4 Å². The third-order valence-corrected chi connectivity index (χ3v) is 6.09. The monoisotopic (exact) mass is 352 g/mol. The summed E-state index contributed by atoms with van der Waals surface area (Å²) in [5.74, 6) is 0.845. The van der Waals surface area contributed by atoms with Crippen molar-refractivity contribution >= 4 is 17.2 Å². The van der Waals surface area contributed by atoms with Crippen LogP contribution in [0.4, 0.5) is 0 Å². The molecule has 0 bridgehead atoms. The predicted molar refractivity (Wildman–Crippen MR) is 95.2 cm³/mol. The second-order valence-corrected chi connectivity index (χ2v) is 7.88. The number of aliphatic hydroxyl groups excluding tert-OH is 1. The molecule has 2 aliphatic rings. The smallest absolute Gasteiger partial charge is 0.222 e. The summed E-state index contributed by atoms with van der Waals surface area (Å²) in [7, 11) is 0. The van der Waals surface area contributed by atoms with Crippen LogP contribution in [-0.2, 0) is 16.0 Å². The topological polar surface area (TPSA) is 53.0 Å². The Morgan fingerprint density at radius 2 is 2.08 bits per heavy atom. The first-order valence-electron chi connectivity index (χ1n) is 8.97. The highest BCUT2D eigenvalue weighted by atomic mass is 32.1. The third kappa shape index (κ3) is 4.79. The Hall–Kier alpha value is -0.950. The van der Waals surface area contributed by atoms with Crippen LogP contribution in [0.1, 0.15) is 17.7 Å². The molecule has 24 heavy (non-hydrogen) atoms. The average molecular weight is 353 g/mol. The number of nitrogens with zero attached hydrogens (tertiary/aromatic N) is 2. The molecule has 0 aromatic carbocycles. The number of rotatable bonds is 7. The van der Waals surface area contributed by atoms with Crippen molar-refractivity contribution in [2.45, 2.75) is 19.3 Å². The molecule has 5 nitrogen and oxygen atoms in total. The largest absolute Gasteiger partial charge is 0.396 e. The zero-order valence-corrected chi connectivity index (χ0v) is 15.0. The molecule has 2 saturated heterocycles. The molecule has 0 spiro atoms. The number of hydrogen-bond donors (Lipinski definition) is 1. The fourth-order valence-electron chi connectivity index (χ4n) is 3.70. The van der Waals surface area contributed by atoms with Gasteiger partial charge >= 0.3 is 0 Å². The van der Waals surface area contributed by atoms with Crippen molar-refractivity contribution in [2.24, 2.45) is 11.8 Å². The first-order chi connectivity index (χ1) is 11.8. The molecule has 134 valence electrons. The lowest BCUT2D eigenvalue weighted by molar-refractivity contribution is -0.130. The number of amides is 1. The third-order valence-electron chi connectivity index (χ3n) is 5.15. The molecular weight excluding hydrogens is 324 g/mol.